The van der Waals surface area contributed by atoms with Crippen LogP contribution >= 0.6 is 22.9 Å². The number of hydrogen-bond donors (Lipinski definition) is 1. The van der Waals surface area contributed by atoms with Crippen LogP contribution in [-0.2, 0) is 9.47 Å². The summed E-state index contributed by atoms with van der Waals surface area (Å²) in [7, 11) is 1.66. The Morgan fingerprint density at radius 1 is 1.32 bits per heavy atom. The first kappa shape index (κ1) is 14.5. The van der Waals surface area contributed by atoms with Gasteiger partial charge in [-0.2, -0.15) is 0 Å². The number of aromatic nitrogens is 2. The SMILES string of the molecule is COCCOCCCNc1nc(Cl)nc2sccc12. The van der Waals surface area contributed by atoms with Gasteiger partial charge in [0.1, 0.15) is 10.6 Å². The molecule has 2 heterocycles. The molecule has 0 aromatic carbocycles. The number of rotatable bonds is 8. The van der Waals surface area contributed by atoms with Crippen molar-refractivity contribution >= 4 is 39.0 Å². The Morgan fingerprint density at radius 3 is 3.05 bits per heavy atom. The number of nitrogens with zero attached hydrogens (tertiary/aromatic N) is 2. The Balaban J connectivity index is 1.79. The van der Waals surface area contributed by atoms with Crippen LogP contribution in [0.25, 0.3) is 10.2 Å². The molecule has 7 heteroatoms. The molecule has 5 nitrogen and oxygen atoms in total. The van der Waals surface area contributed by atoms with E-state index in [1.54, 1.807) is 18.4 Å². The van der Waals surface area contributed by atoms with E-state index in [0.717, 1.165) is 29.0 Å². The fourth-order valence-corrected chi connectivity index (χ4v) is 2.57. The summed E-state index contributed by atoms with van der Waals surface area (Å²) in [6, 6.07) is 1.99. The molecule has 19 heavy (non-hydrogen) atoms. The number of anilines is 1. The van der Waals surface area contributed by atoms with Crippen LogP contribution in [0.15, 0.2) is 11.4 Å². The molecule has 0 atom stereocenters. The van der Waals surface area contributed by atoms with Crippen molar-refractivity contribution in [3.05, 3.63) is 16.7 Å². The van der Waals surface area contributed by atoms with Crippen molar-refractivity contribution in [3.63, 3.8) is 0 Å². The Bertz CT molecular complexity index is 521. The minimum absolute atomic E-state index is 0.272. The second-order valence-corrected chi connectivity index (χ2v) is 5.10. The lowest BCUT2D eigenvalue weighted by atomic mass is 10.3. The van der Waals surface area contributed by atoms with E-state index in [-0.39, 0.29) is 5.28 Å². The van der Waals surface area contributed by atoms with Crippen molar-refractivity contribution in [1.29, 1.82) is 0 Å². The fourth-order valence-electron chi connectivity index (χ4n) is 1.59. The largest absolute Gasteiger partial charge is 0.382 e. The predicted octanol–water partition coefficient (Wildman–Crippen LogP) is 2.81. The highest BCUT2D eigenvalue weighted by Gasteiger charge is 2.06. The lowest BCUT2D eigenvalue weighted by Crippen LogP contribution is -2.09. The Hall–Kier alpha value is -0.950. The normalized spacial score (nSPS) is 11.1. The maximum Gasteiger partial charge on any atom is 0.225 e. The summed E-state index contributed by atoms with van der Waals surface area (Å²) in [5.41, 5.74) is 0. The molecule has 0 fully saturated rings. The van der Waals surface area contributed by atoms with Crippen LogP contribution in [0.4, 0.5) is 5.82 Å². The van der Waals surface area contributed by atoms with Crippen LogP contribution < -0.4 is 5.32 Å². The van der Waals surface area contributed by atoms with E-state index in [4.69, 9.17) is 21.1 Å². The average molecular weight is 302 g/mol. The highest BCUT2D eigenvalue weighted by molar-refractivity contribution is 7.16. The first-order valence-electron chi connectivity index (χ1n) is 6.02. The molecule has 0 saturated carbocycles. The monoisotopic (exact) mass is 301 g/mol. The van der Waals surface area contributed by atoms with Gasteiger partial charge in [0.15, 0.2) is 0 Å². The molecule has 0 spiro atoms. The highest BCUT2D eigenvalue weighted by Crippen LogP contribution is 2.26. The van der Waals surface area contributed by atoms with Crippen molar-refractivity contribution < 1.29 is 9.47 Å². The van der Waals surface area contributed by atoms with E-state index in [0.29, 0.717) is 19.8 Å². The quantitative estimate of drug-likeness (QED) is 0.600. The molecule has 0 aliphatic carbocycles. The zero-order valence-corrected chi connectivity index (χ0v) is 12.3. The number of fused-ring (bicyclic) bond motifs is 1. The lowest BCUT2D eigenvalue weighted by Gasteiger charge is -2.07. The van der Waals surface area contributed by atoms with E-state index in [1.165, 1.54) is 0 Å². The van der Waals surface area contributed by atoms with Crippen molar-refractivity contribution in [2.75, 3.05) is 38.8 Å². The zero-order chi connectivity index (χ0) is 13.5. The Morgan fingerprint density at radius 2 is 2.21 bits per heavy atom. The molecule has 0 unspecified atom stereocenters. The molecule has 104 valence electrons. The van der Waals surface area contributed by atoms with Gasteiger partial charge < -0.3 is 14.8 Å². The van der Waals surface area contributed by atoms with Gasteiger partial charge in [-0.05, 0) is 29.5 Å². The van der Waals surface area contributed by atoms with Gasteiger partial charge in [-0.25, -0.2) is 9.97 Å². The van der Waals surface area contributed by atoms with Crippen molar-refractivity contribution in [1.82, 2.24) is 9.97 Å². The highest BCUT2D eigenvalue weighted by atomic mass is 35.5. The smallest absolute Gasteiger partial charge is 0.225 e. The minimum Gasteiger partial charge on any atom is -0.382 e. The number of hydrogen-bond acceptors (Lipinski definition) is 6. The molecule has 1 N–H and O–H groups in total. The van der Waals surface area contributed by atoms with E-state index in [1.807, 2.05) is 11.4 Å². The van der Waals surface area contributed by atoms with Crippen LogP contribution in [0.5, 0.6) is 0 Å². The van der Waals surface area contributed by atoms with Crippen LogP contribution in [-0.4, -0.2) is 43.4 Å². The number of halogens is 1. The Labute approximate surface area is 120 Å². The molecule has 0 bridgehead atoms. The summed E-state index contributed by atoms with van der Waals surface area (Å²) < 4.78 is 10.3. The summed E-state index contributed by atoms with van der Waals surface area (Å²) in [5, 5.41) is 6.53. The third kappa shape index (κ3) is 4.28. The third-order valence-corrected chi connectivity index (χ3v) is 3.46. The number of ether oxygens (including phenoxy) is 2. The van der Waals surface area contributed by atoms with Crippen molar-refractivity contribution in [2.45, 2.75) is 6.42 Å². The molecule has 0 radical (unpaired) electrons. The van der Waals surface area contributed by atoms with Crippen LogP contribution in [0.3, 0.4) is 0 Å². The maximum atomic E-state index is 5.88. The van der Waals surface area contributed by atoms with E-state index < -0.39 is 0 Å². The van der Waals surface area contributed by atoms with Gasteiger partial charge >= 0.3 is 0 Å². The second-order valence-electron chi connectivity index (χ2n) is 3.87. The van der Waals surface area contributed by atoms with Gasteiger partial charge in [0, 0.05) is 20.3 Å². The zero-order valence-electron chi connectivity index (χ0n) is 10.7. The molecule has 0 amide bonds. The molecular weight excluding hydrogens is 286 g/mol. The summed E-state index contributed by atoms with van der Waals surface area (Å²) in [6.45, 7) is 2.74. The topological polar surface area (TPSA) is 56.3 Å². The third-order valence-electron chi connectivity index (χ3n) is 2.49. The van der Waals surface area contributed by atoms with Crippen molar-refractivity contribution in [3.8, 4) is 0 Å². The van der Waals surface area contributed by atoms with E-state index in [2.05, 4.69) is 15.3 Å². The first-order valence-corrected chi connectivity index (χ1v) is 7.28. The molecule has 2 aromatic heterocycles. The number of thiophene rings is 1. The maximum absolute atomic E-state index is 5.88. The standard InChI is InChI=1S/C12H16ClN3O2S/c1-17-6-7-18-5-2-4-14-10-9-3-8-19-11(9)16-12(13)15-10/h3,8H,2,4-7H2,1H3,(H,14,15,16). The summed E-state index contributed by atoms with van der Waals surface area (Å²) in [5.74, 6) is 0.785. The molecule has 0 aliphatic rings. The summed E-state index contributed by atoms with van der Waals surface area (Å²) in [6.07, 6.45) is 0.900. The van der Waals surface area contributed by atoms with Gasteiger partial charge in [-0.15, -0.1) is 11.3 Å². The molecule has 0 aliphatic heterocycles. The molecule has 0 saturated heterocycles. The first-order chi connectivity index (χ1) is 9.31. The van der Waals surface area contributed by atoms with Crippen LogP contribution in [0.1, 0.15) is 6.42 Å². The molecular formula is C12H16ClN3O2S. The van der Waals surface area contributed by atoms with E-state index in [9.17, 15) is 0 Å². The summed E-state index contributed by atoms with van der Waals surface area (Å²) >= 11 is 7.44. The number of methoxy groups -OCH3 is 1. The van der Waals surface area contributed by atoms with Gasteiger partial charge in [-0.3, -0.25) is 0 Å². The van der Waals surface area contributed by atoms with Crippen LogP contribution in [0, 0.1) is 0 Å². The van der Waals surface area contributed by atoms with Crippen molar-refractivity contribution in [2.24, 2.45) is 0 Å². The minimum atomic E-state index is 0.272. The van der Waals surface area contributed by atoms with Gasteiger partial charge in [0.05, 0.1) is 18.6 Å². The van der Waals surface area contributed by atoms with Crippen LogP contribution in [0.2, 0.25) is 5.28 Å². The molecule has 2 aromatic rings. The van der Waals surface area contributed by atoms with E-state index >= 15 is 0 Å². The lowest BCUT2D eigenvalue weighted by molar-refractivity contribution is 0.0705. The Kier molecular flexibility index (Phi) is 5.78. The second kappa shape index (κ2) is 7.59. The molecule has 2 rings (SSSR count). The fraction of sp³-hybridized carbons (Fsp3) is 0.500. The average Bonchev–Trinajstić information content (AvgIpc) is 2.85. The predicted molar refractivity (Wildman–Crippen MR) is 78.2 cm³/mol. The van der Waals surface area contributed by atoms with Gasteiger partial charge in [0.25, 0.3) is 0 Å². The van der Waals surface area contributed by atoms with Gasteiger partial charge in [-0.1, -0.05) is 0 Å². The summed E-state index contributed by atoms with van der Waals surface area (Å²) in [4.78, 5) is 9.28. The van der Waals surface area contributed by atoms with Gasteiger partial charge in [0.2, 0.25) is 5.28 Å². The number of nitrogens with one attached hydrogen (secondary N) is 1.